The summed E-state index contributed by atoms with van der Waals surface area (Å²) in [5.41, 5.74) is 4.89. The van der Waals surface area contributed by atoms with Crippen molar-refractivity contribution in [2.24, 2.45) is 5.10 Å². The Bertz CT molecular complexity index is 1330. The molecule has 4 aromatic rings. The summed E-state index contributed by atoms with van der Waals surface area (Å²) in [6.45, 7) is 0. The van der Waals surface area contributed by atoms with E-state index < -0.39 is 0 Å². The van der Waals surface area contributed by atoms with E-state index in [9.17, 15) is 4.79 Å². The maximum absolute atomic E-state index is 12.5. The summed E-state index contributed by atoms with van der Waals surface area (Å²) in [6.07, 6.45) is 4.89. The van der Waals surface area contributed by atoms with E-state index in [0.29, 0.717) is 33.1 Å². The van der Waals surface area contributed by atoms with Gasteiger partial charge in [0.1, 0.15) is 11.5 Å². The summed E-state index contributed by atoms with van der Waals surface area (Å²) in [6, 6.07) is 16.3. The fourth-order valence-electron chi connectivity index (χ4n) is 3.14. The lowest BCUT2D eigenvalue weighted by Crippen LogP contribution is -2.20. The number of pyridine rings is 1. The molecule has 0 fully saturated rings. The molecule has 2 aromatic carbocycles. The number of ether oxygens (including phenoxy) is 2. The number of benzene rings is 2. The highest BCUT2D eigenvalue weighted by atomic mass is 35.5. The number of carbonyl (C=O) groups is 1. The molecule has 9 nitrogen and oxygen atoms in total. The lowest BCUT2D eigenvalue weighted by Gasteiger charge is -2.10. The van der Waals surface area contributed by atoms with Crippen LogP contribution < -0.4 is 14.9 Å². The number of nitrogens with one attached hydrogen (secondary N) is 1. The standard InChI is InChI=1S/C24H21ClN6O3S/c1-33-20-8-3-17(21(13-20)34-2)14-27-28-22(32)15-35-24-30-29-23(16-9-11-26-12-10-16)31(24)19-6-4-18(25)5-7-19/h3-14H,15H2,1-2H3,(H,28,32). The molecule has 0 radical (unpaired) electrons. The Hall–Kier alpha value is -3.89. The van der Waals surface area contributed by atoms with Gasteiger partial charge in [0, 0.05) is 40.3 Å². The average molecular weight is 509 g/mol. The molecular weight excluding hydrogens is 488 g/mol. The molecule has 0 saturated heterocycles. The van der Waals surface area contributed by atoms with E-state index in [1.165, 1.54) is 18.0 Å². The number of methoxy groups -OCH3 is 2. The van der Waals surface area contributed by atoms with Crippen LogP contribution in [-0.2, 0) is 4.79 Å². The third kappa shape index (κ3) is 5.97. The number of thioether (sulfide) groups is 1. The molecule has 1 amide bonds. The van der Waals surface area contributed by atoms with Crippen LogP contribution in [0.3, 0.4) is 0 Å². The van der Waals surface area contributed by atoms with Gasteiger partial charge in [0.2, 0.25) is 0 Å². The van der Waals surface area contributed by atoms with Crippen LogP contribution in [0.25, 0.3) is 17.1 Å². The Morgan fingerprint density at radius 2 is 1.86 bits per heavy atom. The lowest BCUT2D eigenvalue weighted by atomic mass is 10.2. The van der Waals surface area contributed by atoms with E-state index in [0.717, 1.165) is 11.3 Å². The van der Waals surface area contributed by atoms with Gasteiger partial charge in [-0.25, -0.2) is 5.43 Å². The first-order valence-corrected chi connectivity index (χ1v) is 11.7. The van der Waals surface area contributed by atoms with Gasteiger partial charge in [0.15, 0.2) is 11.0 Å². The third-order valence-corrected chi connectivity index (χ3v) is 6.00. The second kappa shape index (κ2) is 11.5. The molecular formula is C24H21ClN6O3S. The first-order chi connectivity index (χ1) is 17.1. The monoisotopic (exact) mass is 508 g/mol. The number of halogens is 1. The summed E-state index contributed by atoms with van der Waals surface area (Å²) >= 11 is 7.31. The number of rotatable bonds is 9. The molecule has 2 aromatic heterocycles. The Morgan fingerprint density at radius 3 is 2.57 bits per heavy atom. The predicted molar refractivity (Wildman–Crippen MR) is 136 cm³/mol. The van der Waals surface area contributed by atoms with Gasteiger partial charge in [0.25, 0.3) is 5.91 Å². The number of carbonyl (C=O) groups excluding carboxylic acids is 1. The zero-order valence-corrected chi connectivity index (χ0v) is 20.5. The van der Waals surface area contributed by atoms with Gasteiger partial charge in [-0.1, -0.05) is 23.4 Å². The van der Waals surface area contributed by atoms with E-state index in [-0.39, 0.29) is 11.7 Å². The van der Waals surface area contributed by atoms with Gasteiger partial charge in [-0.2, -0.15) is 5.10 Å². The molecule has 1 N–H and O–H groups in total. The lowest BCUT2D eigenvalue weighted by molar-refractivity contribution is -0.118. The minimum atomic E-state index is -0.296. The van der Waals surface area contributed by atoms with Crippen molar-refractivity contribution >= 4 is 35.5 Å². The summed E-state index contributed by atoms with van der Waals surface area (Å²) in [5, 5.41) is 13.9. The predicted octanol–water partition coefficient (Wildman–Crippen LogP) is 4.24. The van der Waals surface area contributed by atoms with Crippen molar-refractivity contribution < 1.29 is 14.3 Å². The van der Waals surface area contributed by atoms with Gasteiger partial charge in [-0.15, -0.1) is 10.2 Å². The van der Waals surface area contributed by atoms with Gasteiger partial charge in [-0.05, 0) is 48.5 Å². The Balaban J connectivity index is 1.48. The van der Waals surface area contributed by atoms with E-state index in [1.54, 1.807) is 56.9 Å². The Labute approximate surface area is 211 Å². The summed E-state index contributed by atoms with van der Waals surface area (Å²) < 4.78 is 12.4. The van der Waals surface area contributed by atoms with Crippen LogP contribution in [0.5, 0.6) is 11.5 Å². The molecule has 2 heterocycles. The topological polar surface area (TPSA) is 104 Å². The summed E-state index contributed by atoms with van der Waals surface area (Å²) in [5.74, 6) is 1.66. The molecule has 0 unspecified atom stereocenters. The smallest absolute Gasteiger partial charge is 0.250 e. The van der Waals surface area contributed by atoms with Crippen molar-refractivity contribution in [1.29, 1.82) is 0 Å². The minimum Gasteiger partial charge on any atom is -0.497 e. The first-order valence-electron chi connectivity index (χ1n) is 10.4. The Kier molecular flexibility index (Phi) is 7.96. The van der Waals surface area contributed by atoms with Crippen molar-refractivity contribution in [3.8, 4) is 28.6 Å². The number of hydrazone groups is 1. The van der Waals surface area contributed by atoms with Crippen LogP contribution in [0.15, 0.2) is 77.2 Å². The summed E-state index contributed by atoms with van der Waals surface area (Å²) in [7, 11) is 3.13. The first kappa shape index (κ1) is 24.2. The zero-order valence-electron chi connectivity index (χ0n) is 18.9. The van der Waals surface area contributed by atoms with E-state index in [2.05, 4.69) is 25.7 Å². The van der Waals surface area contributed by atoms with Crippen molar-refractivity contribution in [1.82, 2.24) is 25.2 Å². The number of aromatic nitrogens is 4. The van der Waals surface area contributed by atoms with Gasteiger partial charge < -0.3 is 9.47 Å². The molecule has 35 heavy (non-hydrogen) atoms. The maximum Gasteiger partial charge on any atom is 0.250 e. The number of nitrogens with zero attached hydrogens (tertiary/aromatic N) is 5. The van der Waals surface area contributed by atoms with Crippen LogP contribution in [-0.4, -0.2) is 51.8 Å². The fraction of sp³-hybridized carbons (Fsp3) is 0.125. The van der Waals surface area contributed by atoms with Gasteiger partial charge in [-0.3, -0.25) is 14.3 Å². The van der Waals surface area contributed by atoms with E-state index >= 15 is 0 Å². The second-order valence-electron chi connectivity index (χ2n) is 7.04. The molecule has 11 heteroatoms. The van der Waals surface area contributed by atoms with E-state index in [1.807, 2.05) is 28.8 Å². The maximum atomic E-state index is 12.5. The molecule has 0 aliphatic heterocycles. The highest BCUT2D eigenvalue weighted by molar-refractivity contribution is 7.99. The highest BCUT2D eigenvalue weighted by Gasteiger charge is 2.17. The third-order valence-electron chi connectivity index (χ3n) is 4.82. The zero-order chi connectivity index (χ0) is 24.6. The molecule has 4 rings (SSSR count). The number of amides is 1. The molecule has 0 aliphatic carbocycles. The van der Waals surface area contributed by atoms with Crippen LogP contribution in [0.2, 0.25) is 5.02 Å². The normalized spacial score (nSPS) is 10.9. The molecule has 0 spiro atoms. The fourth-order valence-corrected chi connectivity index (χ4v) is 4.01. The SMILES string of the molecule is COc1ccc(C=NNC(=O)CSc2nnc(-c3ccncc3)n2-c2ccc(Cl)cc2)c(OC)c1. The number of hydrogen-bond acceptors (Lipinski definition) is 8. The highest BCUT2D eigenvalue weighted by Crippen LogP contribution is 2.28. The average Bonchev–Trinajstić information content (AvgIpc) is 3.32. The van der Waals surface area contributed by atoms with Crippen LogP contribution in [0, 0.1) is 0 Å². The quantitative estimate of drug-likeness (QED) is 0.205. The van der Waals surface area contributed by atoms with Gasteiger partial charge in [0.05, 0.1) is 26.2 Å². The van der Waals surface area contributed by atoms with Crippen molar-refractivity contribution in [2.45, 2.75) is 5.16 Å². The van der Waals surface area contributed by atoms with Crippen molar-refractivity contribution in [3.63, 3.8) is 0 Å². The van der Waals surface area contributed by atoms with E-state index in [4.69, 9.17) is 21.1 Å². The molecule has 0 bridgehead atoms. The van der Waals surface area contributed by atoms with Crippen molar-refractivity contribution in [2.75, 3.05) is 20.0 Å². The summed E-state index contributed by atoms with van der Waals surface area (Å²) in [4.78, 5) is 16.5. The largest absolute Gasteiger partial charge is 0.497 e. The van der Waals surface area contributed by atoms with Crippen LogP contribution >= 0.6 is 23.4 Å². The molecule has 0 atom stereocenters. The van der Waals surface area contributed by atoms with Crippen LogP contribution in [0.1, 0.15) is 5.56 Å². The second-order valence-corrected chi connectivity index (χ2v) is 8.42. The molecule has 0 aliphatic rings. The molecule has 0 saturated carbocycles. The van der Waals surface area contributed by atoms with Gasteiger partial charge >= 0.3 is 0 Å². The van der Waals surface area contributed by atoms with Crippen LogP contribution in [0.4, 0.5) is 0 Å². The van der Waals surface area contributed by atoms with Crippen molar-refractivity contribution in [3.05, 3.63) is 77.6 Å². The number of hydrogen-bond donors (Lipinski definition) is 1. The molecule has 178 valence electrons. The Morgan fingerprint density at radius 1 is 1.09 bits per heavy atom. The minimum absolute atomic E-state index is 0.0825.